The molecule has 1 aromatic rings. The molecular formula is C19H23N5O4. The maximum absolute atomic E-state index is 12.3. The van der Waals surface area contributed by atoms with Crippen LogP contribution in [-0.2, 0) is 11.3 Å². The number of H-pyrrole nitrogens is 1. The van der Waals surface area contributed by atoms with Crippen molar-refractivity contribution in [3.63, 3.8) is 0 Å². The molecule has 2 aliphatic rings. The number of carbonyl (C=O) groups is 1. The van der Waals surface area contributed by atoms with Gasteiger partial charge in [-0.15, -0.1) is 0 Å². The summed E-state index contributed by atoms with van der Waals surface area (Å²) >= 11 is 0. The van der Waals surface area contributed by atoms with Crippen LogP contribution in [0.4, 0.5) is 0 Å². The first-order valence-corrected chi connectivity index (χ1v) is 9.08. The van der Waals surface area contributed by atoms with Crippen LogP contribution in [-0.4, -0.2) is 55.6 Å². The van der Waals surface area contributed by atoms with Crippen molar-refractivity contribution in [3.8, 4) is 11.5 Å². The molecule has 0 aromatic heterocycles. The molecule has 28 heavy (non-hydrogen) atoms. The standard InChI is InChI=1S/C19H23N5O4/c1-11-9-13-14(10-12(11)2)24(8-7-23(3)6-4-5-15(25)26)17-16(20-13)18(27)22-19(28)21-17/h9-10H,4-8H2,1-3H3,(H,25,26)(H,22,27,28). The maximum Gasteiger partial charge on any atom is 0.349 e. The minimum Gasteiger partial charge on any atom is -0.481 e. The van der Waals surface area contributed by atoms with Crippen LogP contribution in [0.25, 0.3) is 22.6 Å². The molecule has 0 unspecified atom stereocenters. The fourth-order valence-electron chi connectivity index (χ4n) is 3.16. The zero-order valence-corrected chi connectivity index (χ0v) is 16.2. The third-order valence-electron chi connectivity index (χ3n) is 4.86. The first kappa shape index (κ1) is 19.7. The number of hydrogen-bond donors (Lipinski definition) is 2. The van der Waals surface area contributed by atoms with Gasteiger partial charge in [-0.1, -0.05) is 0 Å². The van der Waals surface area contributed by atoms with E-state index in [4.69, 9.17) is 5.11 Å². The Morgan fingerprint density at radius 1 is 1.18 bits per heavy atom. The molecule has 1 aromatic carbocycles. The predicted octanol–water partition coefficient (Wildman–Crippen LogP) is 0.998. The lowest BCUT2D eigenvalue weighted by Gasteiger charge is -2.21. The van der Waals surface area contributed by atoms with Crippen molar-refractivity contribution in [1.29, 1.82) is 0 Å². The van der Waals surface area contributed by atoms with E-state index < -0.39 is 17.2 Å². The Hall–Kier alpha value is -3.07. The summed E-state index contributed by atoms with van der Waals surface area (Å²) in [4.78, 5) is 47.3. The van der Waals surface area contributed by atoms with Crippen LogP contribution >= 0.6 is 0 Å². The van der Waals surface area contributed by atoms with Crippen molar-refractivity contribution < 1.29 is 9.90 Å². The molecule has 9 heteroatoms. The van der Waals surface area contributed by atoms with Gasteiger partial charge in [0.2, 0.25) is 0 Å². The summed E-state index contributed by atoms with van der Waals surface area (Å²) < 4.78 is 1.84. The Kier molecular flexibility index (Phi) is 5.55. The number of aliphatic carboxylic acids is 1. The first-order valence-electron chi connectivity index (χ1n) is 9.08. The normalized spacial score (nSPS) is 11.6. The molecule has 0 radical (unpaired) electrons. The largest absolute Gasteiger partial charge is 0.481 e. The highest BCUT2D eigenvalue weighted by atomic mass is 16.4. The molecule has 148 valence electrons. The zero-order valence-electron chi connectivity index (χ0n) is 16.2. The molecule has 2 aliphatic heterocycles. The smallest absolute Gasteiger partial charge is 0.349 e. The van der Waals surface area contributed by atoms with Gasteiger partial charge in [0.05, 0.1) is 11.0 Å². The van der Waals surface area contributed by atoms with E-state index in [0.717, 1.165) is 16.6 Å². The van der Waals surface area contributed by atoms with Crippen molar-refractivity contribution in [2.75, 3.05) is 20.1 Å². The van der Waals surface area contributed by atoms with Gasteiger partial charge in [-0.25, -0.2) is 9.78 Å². The Labute approximate surface area is 161 Å². The van der Waals surface area contributed by atoms with Crippen molar-refractivity contribution >= 4 is 17.0 Å². The summed E-state index contributed by atoms with van der Waals surface area (Å²) in [5.41, 5.74) is 2.46. The molecule has 0 spiro atoms. The van der Waals surface area contributed by atoms with Gasteiger partial charge in [0.25, 0.3) is 5.56 Å². The monoisotopic (exact) mass is 385 g/mol. The summed E-state index contributed by atoms with van der Waals surface area (Å²) in [5.74, 6) is -0.561. The summed E-state index contributed by atoms with van der Waals surface area (Å²) in [6, 6.07) is 3.90. The van der Waals surface area contributed by atoms with Crippen molar-refractivity contribution in [2.24, 2.45) is 0 Å². The number of aromatic amines is 1. The van der Waals surface area contributed by atoms with Crippen LogP contribution in [0.3, 0.4) is 0 Å². The van der Waals surface area contributed by atoms with Crippen LogP contribution in [0.5, 0.6) is 0 Å². The highest BCUT2D eigenvalue weighted by Gasteiger charge is 2.19. The van der Waals surface area contributed by atoms with E-state index in [0.29, 0.717) is 31.6 Å². The molecule has 3 rings (SSSR count). The van der Waals surface area contributed by atoms with Crippen molar-refractivity contribution in [2.45, 2.75) is 33.2 Å². The predicted molar refractivity (Wildman–Crippen MR) is 105 cm³/mol. The second-order valence-electron chi connectivity index (χ2n) is 7.03. The first-order chi connectivity index (χ1) is 13.3. The number of fused-ring (bicyclic) bond motifs is 2. The van der Waals surface area contributed by atoms with Crippen LogP contribution in [0, 0.1) is 13.8 Å². The fourth-order valence-corrected chi connectivity index (χ4v) is 3.16. The van der Waals surface area contributed by atoms with E-state index >= 15 is 0 Å². The molecule has 2 heterocycles. The number of nitrogens with one attached hydrogen (secondary N) is 1. The summed E-state index contributed by atoms with van der Waals surface area (Å²) in [5, 5.41) is 8.77. The number of benzene rings is 1. The Balaban J connectivity index is 2.02. The van der Waals surface area contributed by atoms with Gasteiger partial charge in [-0.3, -0.25) is 14.6 Å². The van der Waals surface area contributed by atoms with Gasteiger partial charge in [0, 0.05) is 19.5 Å². The minimum atomic E-state index is -0.814. The molecule has 0 atom stereocenters. The van der Waals surface area contributed by atoms with Gasteiger partial charge in [0.15, 0.2) is 11.5 Å². The number of hydrogen-bond acceptors (Lipinski definition) is 6. The zero-order chi connectivity index (χ0) is 20.4. The highest BCUT2D eigenvalue weighted by Crippen LogP contribution is 2.23. The van der Waals surface area contributed by atoms with Crippen LogP contribution in [0.1, 0.15) is 24.0 Å². The fraction of sp³-hybridized carbons (Fsp3) is 0.421. The summed E-state index contributed by atoms with van der Waals surface area (Å²) in [7, 11) is 1.91. The number of aryl methyl sites for hydroxylation is 2. The lowest BCUT2D eigenvalue weighted by atomic mass is 10.1. The quantitative estimate of drug-likeness (QED) is 0.582. The third kappa shape index (κ3) is 4.09. The van der Waals surface area contributed by atoms with Crippen LogP contribution < -0.4 is 11.2 Å². The second-order valence-corrected chi connectivity index (χ2v) is 7.03. The Morgan fingerprint density at radius 2 is 1.89 bits per heavy atom. The van der Waals surface area contributed by atoms with Gasteiger partial charge < -0.3 is 14.6 Å². The summed E-state index contributed by atoms with van der Waals surface area (Å²) in [6.07, 6.45) is 0.669. The van der Waals surface area contributed by atoms with E-state index in [1.165, 1.54) is 0 Å². The van der Waals surface area contributed by atoms with Gasteiger partial charge in [0.1, 0.15) is 0 Å². The average Bonchev–Trinajstić information content (AvgIpc) is 2.60. The lowest BCUT2D eigenvalue weighted by Crippen LogP contribution is -2.31. The molecule has 0 saturated carbocycles. The second kappa shape index (κ2) is 7.89. The highest BCUT2D eigenvalue weighted by molar-refractivity contribution is 5.81. The molecule has 0 aliphatic carbocycles. The van der Waals surface area contributed by atoms with E-state index in [1.54, 1.807) is 0 Å². The number of carboxylic acids is 1. The van der Waals surface area contributed by atoms with E-state index in [1.807, 2.05) is 42.5 Å². The molecule has 0 bridgehead atoms. The van der Waals surface area contributed by atoms with Crippen molar-refractivity contribution in [1.82, 2.24) is 24.4 Å². The SMILES string of the molecule is Cc1cc2nc3c(=O)[nH]c(=O)nc-3n(CCN(C)CCCC(=O)O)c2cc1C. The van der Waals surface area contributed by atoms with Crippen LogP contribution in [0.2, 0.25) is 0 Å². The topological polar surface area (TPSA) is 121 Å². The molecule has 0 fully saturated rings. The van der Waals surface area contributed by atoms with Crippen LogP contribution in [0.15, 0.2) is 21.7 Å². The van der Waals surface area contributed by atoms with E-state index in [9.17, 15) is 14.4 Å². The molecular weight excluding hydrogens is 362 g/mol. The third-order valence-corrected chi connectivity index (χ3v) is 4.86. The molecule has 0 amide bonds. The minimum absolute atomic E-state index is 0.119. The van der Waals surface area contributed by atoms with Gasteiger partial charge >= 0.3 is 11.7 Å². The van der Waals surface area contributed by atoms with E-state index in [2.05, 4.69) is 15.0 Å². The lowest BCUT2D eigenvalue weighted by molar-refractivity contribution is -0.137. The van der Waals surface area contributed by atoms with Gasteiger partial charge in [-0.05, 0) is 57.1 Å². The van der Waals surface area contributed by atoms with E-state index in [-0.39, 0.29) is 17.9 Å². The number of carboxylic acid groups (broad SMARTS) is 1. The number of nitrogens with zero attached hydrogens (tertiary/aromatic N) is 4. The average molecular weight is 385 g/mol. The summed E-state index contributed by atoms with van der Waals surface area (Å²) in [6.45, 7) is 5.69. The Morgan fingerprint density at radius 3 is 2.61 bits per heavy atom. The Bertz CT molecular complexity index is 1120. The van der Waals surface area contributed by atoms with Gasteiger partial charge in [-0.2, -0.15) is 4.98 Å². The maximum atomic E-state index is 12.3. The number of rotatable bonds is 7. The molecule has 0 saturated heterocycles. The number of aromatic nitrogens is 4. The number of likely N-dealkylation sites (N-methyl/N-ethyl adjacent to an activating group) is 1. The molecule has 2 N–H and O–H groups in total. The van der Waals surface area contributed by atoms with Crippen molar-refractivity contribution in [3.05, 3.63) is 44.1 Å². The molecule has 9 nitrogen and oxygen atoms in total.